The number of alkyl halides is 2. The quantitative estimate of drug-likeness (QED) is 0.523. The van der Waals surface area contributed by atoms with Gasteiger partial charge in [0, 0.05) is 0 Å². The van der Waals surface area contributed by atoms with Crippen molar-refractivity contribution in [2.24, 2.45) is 0 Å². The highest BCUT2D eigenvalue weighted by Gasteiger charge is 2.28. The Hall–Kier alpha value is 0.240. The average molecular weight is 190 g/mol. The van der Waals surface area contributed by atoms with Crippen molar-refractivity contribution in [1.82, 2.24) is 0 Å². The van der Waals surface area contributed by atoms with Crippen molar-refractivity contribution in [1.29, 1.82) is 0 Å². The molecule has 0 amide bonds. The number of aliphatic hydroxyl groups excluding tert-OH is 1. The lowest BCUT2D eigenvalue weighted by Gasteiger charge is -1.90. The SMILES string of the molecule is O=[P+](OCCF)C(O)CCl. The van der Waals surface area contributed by atoms with Gasteiger partial charge >= 0.3 is 8.03 Å². The van der Waals surface area contributed by atoms with Crippen molar-refractivity contribution < 1.29 is 18.6 Å². The van der Waals surface area contributed by atoms with E-state index in [4.69, 9.17) is 16.7 Å². The molecule has 0 heterocycles. The lowest BCUT2D eigenvalue weighted by molar-refractivity contribution is 0.224. The summed E-state index contributed by atoms with van der Waals surface area (Å²) in [5.74, 6) is -1.36. The molecule has 60 valence electrons. The van der Waals surface area contributed by atoms with Crippen LogP contribution in [0.1, 0.15) is 0 Å². The zero-order valence-corrected chi connectivity index (χ0v) is 6.82. The largest absolute Gasteiger partial charge is 0.541 e. The Bertz CT molecular complexity index is 113. The Morgan fingerprint density at radius 3 is 2.80 bits per heavy atom. The molecule has 10 heavy (non-hydrogen) atoms. The van der Waals surface area contributed by atoms with Crippen LogP contribution in [0.5, 0.6) is 0 Å². The minimum atomic E-state index is -2.21. The van der Waals surface area contributed by atoms with Crippen LogP contribution in [-0.4, -0.2) is 30.1 Å². The first-order chi connectivity index (χ1) is 4.72. The van der Waals surface area contributed by atoms with Gasteiger partial charge in [0.05, 0.1) is 5.88 Å². The molecule has 3 nitrogen and oxygen atoms in total. The molecule has 0 aromatic carbocycles. The maximum Gasteiger partial charge on any atom is 0.541 e. The summed E-state index contributed by atoms with van der Waals surface area (Å²) in [6.07, 6.45) is 0. The molecule has 0 aromatic rings. The highest BCUT2D eigenvalue weighted by Crippen LogP contribution is 2.27. The summed E-state index contributed by atoms with van der Waals surface area (Å²) in [5, 5.41) is 8.69. The number of hydrogen-bond acceptors (Lipinski definition) is 3. The van der Waals surface area contributed by atoms with E-state index < -0.39 is 20.5 Å². The molecule has 0 aliphatic carbocycles. The summed E-state index contributed by atoms with van der Waals surface area (Å²) in [4.78, 5) is 0. The van der Waals surface area contributed by atoms with Crippen LogP contribution in [0.4, 0.5) is 4.39 Å². The van der Waals surface area contributed by atoms with E-state index in [9.17, 15) is 8.96 Å². The van der Waals surface area contributed by atoms with Crippen LogP contribution in [-0.2, 0) is 9.09 Å². The van der Waals surface area contributed by atoms with Gasteiger partial charge in [-0.3, -0.25) is 0 Å². The molecule has 0 spiro atoms. The molecule has 2 unspecified atom stereocenters. The fourth-order valence-electron chi connectivity index (χ4n) is 0.267. The summed E-state index contributed by atoms with van der Waals surface area (Å²) >= 11 is 5.12. The molecule has 0 saturated carbocycles. The summed E-state index contributed by atoms with van der Waals surface area (Å²) in [6.45, 7) is -0.973. The fourth-order valence-corrected chi connectivity index (χ4v) is 1.14. The second-order valence-corrected chi connectivity index (χ2v) is 3.18. The van der Waals surface area contributed by atoms with E-state index >= 15 is 0 Å². The summed E-state index contributed by atoms with van der Waals surface area (Å²) in [5.41, 5.74) is 0. The van der Waals surface area contributed by atoms with Crippen LogP contribution in [0.15, 0.2) is 0 Å². The number of rotatable bonds is 5. The average Bonchev–Trinajstić information content (AvgIpc) is 1.98. The fraction of sp³-hybridized carbons (Fsp3) is 1.00. The molecule has 6 heteroatoms. The highest BCUT2D eigenvalue weighted by atomic mass is 35.5. The van der Waals surface area contributed by atoms with E-state index in [0.717, 1.165) is 0 Å². The van der Waals surface area contributed by atoms with Gasteiger partial charge in [-0.15, -0.1) is 16.1 Å². The van der Waals surface area contributed by atoms with Crippen LogP contribution >= 0.6 is 19.6 Å². The van der Waals surface area contributed by atoms with Gasteiger partial charge in [-0.05, 0) is 4.57 Å². The van der Waals surface area contributed by atoms with E-state index in [2.05, 4.69) is 4.52 Å². The molecular weight excluding hydrogens is 181 g/mol. The van der Waals surface area contributed by atoms with E-state index in [1.54, 1.807) is 0 Å². The maximum absolute atomic E-state index is 11.4. The molecule has 2 atom stereocenters. The van der Waals surface area contributed by atoms with Crippen molar-refractivity contribution in [3.8, 4) is 0 Å². The zero-order valence-electron chi connectivity index (χ0n) is 5.17. The van der Waals surface area contributed by atoms with Gasteiger partial charge in [-0.2, -0.15) is 0 Å². The predicted molar refractivity (Wildman–Crippen MR) is 36.3 cm³/mol. The van der Waals surface area contributed by atoms with Crippen molar-refractivity contribution in [3.63, 3.8) is 0 Å². The van der Waals surface area contributed by atoms with Crippen LogP contribution in [0.25, 0.3) is 0 Å². The van der Waals surface area contributed by atoms with Gasteiger partial charge in [0.15, 0.2) is 0 Å². The minimum Gasteiger partial charge on any atom is -0.348 e. The Balaban J connectivity index is 3.42. The molecule has 0 saturated heterocycles. The van der Waals surface area contributed by atoms with Gasteiger partial charge in [-0.1, -0.05) is 0 Å². The van der Waals surface area contributed by atoms with E-state index in [1.807, 2.05) is 0 Å². The van der Waals surface area contributed by atoms with Crippen molar-refractivity contribution >= 4 is 19.6 Å². The third-order valence-electron chi connectivity index (χ3n) is 0.677. The zero-order chi connectivity index (χ0) is 7.98. The molecular formula is C4H8ClFO3P+. The Morgan fingerprint density at radius 1 is 1.80 bits per heavy atom. The Labute approximate surface area is 64.0 Å². The molecule has 0 aliphatic rings. The van der Waals surface area contributed by atoms with Crippen LogP contribution in [0, 0.1) is 0 Å². The third kappa shape index (κ3) is 4.12. The predicted octanol–water partition coefficient (Wildman–Crippen LogP) is 1.27. The van der Waals surface area contributed by atoms with Crippen molar-refractivity contribution in [2.45, 2.75) is 5.85 Å². The van der Waals surface area contributed by atoms with Crippen molar-refractivity contribution in [2.75, 3.05) is 19.2 Å². The number of aliphatic hydroxyl groups is 1. The Kier molecular flexibility index (Phi) is 6.13. The summed E-state index contributed by atoms with van der Waals surface area (Å²) in [6, 6.07) is 0. The first-order valence-electron chi connectivity index (χ1n) is 2.61. The molecule has 0 rings (SSSR count). The Morgan fingerprint density at radius 2 is 2.40 bits per heavy atom. The lowest BCUT2D eigenvalue weighted by Crippen LogP contribution is -2.04. The van der Waals surface area contributed by atoms with Crippen LogP contribution in [0.2, 0.25) is 0 Å². The molecule has 0 radical (unpaired) electrons. The molecule has 1 N–H and O–H groups in total. The maximum atomic E-state index is 11.4. The first kappa shape index (κ1) is 10.2. The second kappa shape index (κ2) is 5.98. The summed E-state index contributed by atoms with van der Waals surface area (Å²) < 4.78 is 26.3. The molecule has 0 fully saturated rings. The van der Waals surface area contributed by atoms with Crippen LogP contribution in [0.3, 0.4) is 0 Å². The van der Waals surface area contributed by atoms with E-state index in [-0.39, 0.29) is 12.5 Å². The standard InChI is InChI=1S/C4H8ClFO3P/c5-3-4(7)10(8)9-2-1-6/h4,7H,1-3H2/q+1. The number of halogens is 2. The summed E-state index contributed by atoms with van der Waals surface area (Å²) in [7, 11) is -2.21. The second-order valence-electron chi connectivity index (χ2n) is 1.44. The first-order valence-corrected chi connectivity index (χ1v) is 4.39. The van der Waals surface area contributed by atoms with E-state index in [0.29, 0.717) is 0 Å². The van der Waals surface area contributed by atoms with Crippen molar-refractivity contribution in [3.05, 3.63) is 0 Å². The minimum absolute atomic E-state index is 0.165. The topological polar surface area (TPSA) is 46.5 Å². The van der Waals surface area contributed by atoms with Gasteiger partial charge in [0.25, 0.3) is 5.85 Å². The van der Waals surface area contributed by atoms with Crippen LogP contribution < -0.4 is 0 Å². The molecule has 0 aromatic heterocycles. The van der Waals surface area contributed by atoms with E-state index in [1.165, 1.54) is 0 Å². The van der Waals surface area contributed by atoms with Gasteiger partial charge in [-0.25, -0.2) is 4.39 Å². The lowest BCUT2D eigenvalue weighted by atomic mass is 10.8. The van der Waals surface area contributed by atoms with Gasteiger partial charge < -0.3 is 5.11 Å². The number of hydrogen-bond donors (Lipinski definition) is 1. The monoisotopic (exact) mass is 189 g/mol. The molecule has 0 bridgehead atoms. The smallest absolute Gasteiger partial charge is 0.348 e. The van der Waals surface area contributed by atoms with Gasteiger partial charge in [0.2, 0.25) is 0 Å². The normalized spacial score (nSPS) is 14.9. The van der Waals surface area contributed by atoms with Gasteiger partial charge in [0.1, 0.15) is 13.3 Å². The highest BCUT2D eigenvalue weighted by molar-refractivity contribution is 7.39. The third-order valence-corrected chi connectivity index (χ3v) is 2.29. The molecule has 0 aliphatic heterocycles.